The number of nitrogens with two attached hydrogens (primary N) is 1. The van der Waals surface area contributed by atoms with Gasteiger partial charge >= 0.3 is 0 Å². The van der Waals surface area contributed by atoms with Gasteiger partial charge in [-0.05, 0) is 6.42 Å². The van der Waals surface area contributed by atoms with Gasteiger partial charge in [-0.25, -0.2) is 0 Å². The molecule has 1 heteroatoms. The summed E-state index contributed by atoms with van der Waals surface area (Å²) < 4.78 is 0. The van der Waals surface area contributed by atoms with Crippen LogP contribution < -0.4 is 5.73 Å². The maximum Gasteiger partial charge on any atom is 0.0106 e. The zero-order valence-electron chi connectivity index (χ0n) is 5.56. The highest BCUT2D eigenvalue weighted by Crippen LogP contribution is 1.93. The van der Waals surface area contributed by atoms with E-state index in [4.69, 9.17) is 5.73 Å². The van der Waals surface area contributed by atoms with Crippen LogP contribution in [0.2, 0.25) is 0 Å². The van der Waals surface area contributed by atoms with E-state index in [0.717, 1.165) is 0 Å². The summed E-state index contributed by atoms with van der Waals surface area (Å²) in [5, 5.41) is 0. The van der Waals surface area contributed by atoms with Crippen LogP contribution in [-0.4, -0.2) is 6.54 Å². The summed E-state index contributed by atoms with van der Waals surface area (Å²) in [4.78, 5) is 0. The third-order valence-corrected chi connectivity index (χ3v) is 1.03. The monoisotopic (exact) mass is 113 g/mol. The van der Waals surface area contributed by atoms with Crippen LogP contribution in [0.15, 0.2) is 12.2 Å². The maximum atomic E-state index is 5.22. The van der Waals surface area contributed by atoms with Gasteiger partial charge in [-0.2, -0.15) is 0 Å². The third-order valence-electron chi connectivity index (χ3n) is 1.03. The van der Waals surface area contributed by atoms with Crippen molar-refractivity contribution in [3.05, 3.63) is 12.2 Å². The molecule has 0 heterocycles. The van der Waals surface area contributed by atoms with Crippen molar-refractivity contribution >= 4 is 0 Å². The summed E-state index contributed by atoms with van der Waals surface area (Å²) in [5.74, 6) is 0. The van der Waals surface area contributed by atoms with Crippen molar-refractivity contribution in [1.82, 2.24) is 0 Å². The molecule has 0 unspecified atom stereocenters. The zero-order valence-corrected chi connectivity index (χ0v) is 5.56. The Hall–Kier alpha value is -0.300. The summed E-state index contributed by atoms with van der Waals surface area (Å²) in [6.45, 7) is 2.88. The molecular weight excluding hydrogens is 98.1 g/mol. The summed E-state index contributed by atoms with van der Waals surface area (Å²) in [7, 11) is 0. The van der Waals surface area contributed by atoms with Crippen LogP contribution in [0.5, 0.6) is 0 Å². The number of hydrogen-bond donors (Lipinski definition) is 1. The van der Waals surface area contributed by atoms with Gasteiger partial charge in [0, 0.05) is 6.54 Å². The van der Waals surface area contributed by atoms with E-state index in [-0.39, 0.29) is 0 Å². The topological polar surface area (TPSA) is 26.0 Å². The van der Waals surface area contributed by atoms with E-state index in [1.165, 1.54) is 19.3 Å². The average molecular weight is 113 g/mol. The Kier molecular flexibility index (Phi) is 6.45. The summed E-state index contributed by atoms with van der Waals surface area (Å²) in [6.07, 6.45) is 7.90. The minimum atomic E-state index is 0.684. The molecule has 0 fully saturated rings. The average Bonchev–Trinajstić information content (AvgIpc) is 1.81. The minimum Gasteiger partial charge on any atom is -0.327 e. The van der Waals surface area contributed by atoms with Crippen molar-refractivity contribution < 1.29 is 0 Å². The lowest BCUT2D eigenvalue weighted by Crippen LogP contribution is -1.91. The Morgan fingerprint density at radius 1 is 1.38 bits per heavy atom. The quantitative estimate of drug-likeness (QED) is 0.435. The molecule has 1 nitrogen and oxygen atoms in total. The smallest absolute Gasteiger partial charge is 0.0106 e. The predicted molar refractivity (Wildman–Crippen MR) is 37.7 cm³/mol. The molecule has 48 valence electrons. The van der Waals surface area contributed by atoms with E-state index >= 15 is 0 Å². The van der Waals surface area contributed by atoms with E-state index in [0.29, 0.717) is 6.54 Å². The van der Waals surface area contributed by atoms with Crippen molar-refractivity contribution in [2.45, 2.75) is 26.2 Å². The standard InChI is InChI=1S/C7H15N/c1-2-3-4-5-6-7-8/h5-6H,2-4,7-8H2,1H3/b6-5-. The summed E-state index contributed by atoms with van der Waals surface area (Å²) in [6, 6.07) is 0. The molecule has 0 aromatic rings. The van der Waals surface area contributed by atoms with Gasteiger partial charge in [0.2, 0.25) is 0 Å². The first-order valence-electron chi connectivity index (χ1n) is 3.27. The lowest BCUT2D eigenvalue weighted by Gasteiger charge is -1.85. The molecule has 0 atom stereocenters. The van der Waals surface area contributed by atoms with Gasteiger partial charge in [0.05, 0.1) is 0 Å². The first-order valence-corrected chi connectivity index (χ1v) is 3.27. The van der Waals surface area contributed by atoms with E-state index in [1.807, 2.05) is 6.08 Å². The van der Waals surface area contributed by atoms with Crippen molar-refractivity contribution in [2.24, 2.45) is 5.73 Å². The van der Waals surface area contributed by atoms with Gasteiger partial charge in [0.25, 0.3) is 0 Å². The molecule has 0 saturated heterocycles. The normalized spacial score (nSPS) is 10.8. The van der Waals surface area contributed by atoms with Crippen LogP contribution in [0.3, 0.4) is 0 Å². The van der Waals surface area contributed by atoms with Crippen LogP contribution in [0.25, 0.3) is 0 Å². The SMILES string of the molecule is CCCC/C=C\CN. The Morgan fingerprint density at radius 2 is 2.12 bits per heavy atom. The van der Waals surface area contributed by atoms with Crippen LogP contribution in [-0.2, 0) is 0 Å². The van der Waals surface area contributed by atoms with Crippen LogP contribution >= 0.6 is 0 Å². The molecule has 0 aromatic carbocycles. The molecule has 0 bridgehead atoms. The van der Waals surface area contributed by atoms with Crippen molar-refractivity contribution in [3.8, 4) is 0 Å². The van der Waals surface area contributed by atoms with Crippen molar-refractivity contribution in [1.29, 1.82) is 0 Å². The zero-order chi connectivity index (χ0) is 6.24. The van der Waals surface area contributed by atoms with E-state index in [2.05, 4.69) is 13.0 Å². The van der Waals surface area contributed by atoms with Gasteiger partial charge in [0.1, 0.15) is 0 Å². The van der Waals surface area contributed by atoms with Crippen LogP contribution in [0.1, 0.15) is 26.2 Å². The molecule has 0 aromatic heterocycles. The molecule has 0 aliphatic heterocycles. The highest BCUT2D eigenvalue weighted by molar-refractivity contribution is 4.81. The second kappa shape index (κ2) is 6.70. The Labute approximate surface area is 51.6 Å². The second-order valence-electron chi connectivity index (χ2n) is 1.85. The van der Waals surface area contributed by atoms with Crippen molar-refractivity contribution in [3.63, 3.8) is 0 Å². The molecule has 0 saturated carbocycles. The summed E-state index contributed by atoms with van der Waals surface area (Å²) in [5.41, 5.74) is 5.22. The van der Waals surface area contributed by atoms with E-state index in [9.17, 15) is 0 Å². The number of allylic oxidation sites excluding steroid dienone is 1. The lowest BCUT2D eigenvalue weighted by molar-refractivity contribution is 0.813. The van der Waals surface area contributed by atoms with Crippen LogP contribution in [0, 0.1) is 0 Å². The van der Waals surface area contributed by atoms with Crippen LogP contribution in [0.4, 0.5) is 0 Å². The molecule has 0 aliphatic rings. The number of unbranched alkanes of at least 4 members (excludes halogenated alkanes) is 2. The van der Waals surface area contributed by atoms with Gasteiger partial charge < -0.3 is 5.73 Å². The van der Waals surface area contributed by atoms with Gasteiger partial charge in [-0.3, -0.25) is 0 Å². The molecule has 0 aliphatic carbocycles. The van der Waals surface area contributed by atoms with Gasteiger partial charge in [0.15, 0.2) is 0 Å². The fourth-order valence-corrected chi connectivity index (χ4v) is 0.536. The molecule has 0 rings (SSSR count). The molecular formula is C7H15N. The Balaban J connectivity index is 2.80. The minimum absolute atomic E-state index is 0.684. The first kappa shape index (κ1) is 7.70. The highest BCUT2D eigenvalue weighted by Gasteiger charge is 1.74. The lowest BCUT2D eigenvalue weighted by atomic mass is 10.2. The first-order chi connectivity index (χ1) is 3.91. The van der Waals surface area contributed by atoms with Gasteiger partial charge in [-0.15, -0.1) is 0 Å². The van der Waals surface area contributed by atoms with E-state index in [1.54, 1.807) is 0 Å². The number of hydrogen-bond acceptors (Lipinski definition) is 1. The largest absolute Gasteiger partial charge is 0.327 e. The fraction of sp³-hybridized carbons (Fsp3) is 0.714. The maximum absolute atomic E-state index is 5.22. The summed E-state index contributed by atoms with van der Waals surface area (Å²) >= 11 is 0. The third kappa shape index (κ3) is 5.70. The second-order valence-corrected chi connectivity index (χ2v) is 1.85. The van der Waals surface area contributed by atoms with Crippen molar-refractivity contribution in [2.75, 3.05) is 6.54 Å². The molecule has 2 N–H and O–H groups in total. The molecule has 0 radical (unpaired) electrons. The predicted octanol–water partition coefficient (Wildman–Crippen LogP) is 1.69. The number of rotatable bonds is 4. The fourth-order valence-electron chi connectivity index (χ4n) is 0.536. The highest BCUT2D eigenvalue weighted by atomic mass is 14.5. The Bertz CT molecular complexity index is 57.4. The molecule has 0 amide bonds. The van der Waals surface area contributed by atoms with E-state index < -0.39 is 0 Å². The molecule has 8 heavy (non-hydrogen) atoms. The van der Waals surface area contributed by atoms with Gasteiger partial charge in [-0.1, -0.05) is 31.9 Å². The Morgan fingerprint density at radius 3 is 2.62 bits per heavy atom. The molecule has 0 spiro atoms.